The first-order valence-corrected chi connectivity index (χ1v) is 7.12. The predicted octanol–water partition coefficient (Wildman–Crippen LogP) is 2.29. The Balaban J connectivity index is 2.92. The van der Waals surface area contributed by atoms with Crippen LogP contribution < -0.4 is 15.2 Å². The van der Waals surface area contributed by atoms with E-state index in [9.17, 15) is 4.79 Å². The molecular formula is C14H20BrNO4. The minimum absolute atomic E-state index is 0.105. The van der Waals surface area contributed by atoms with Gasteiger partial charge in [0.05, 0.1) is 18.7 Å². The Morgan fingerprint density at radius 2 is 2.10 bits per heavy atom. The van der Waals surface area contributed by atoms with E-state index in [-0.39, 0.29) is 12.6 Å². The monoisotopic (exact) mass is 345 g/mol. The Morgan fingerprint density at radius 1 is 1.40 bits per heavy atom. The fourth-order valence-electron chi connectivity index (χ4n) is 1.67. The van der Waals surface area contributed by atoms with Crippen LogP contribution in [-0.4, -0.2) is 32.8 Å². The summed E-state index contributed by atoms with van der Waals surface area (Å²) >= 11 is 3.42. The van der Waals surface area contributed by atoms with Crippen molar-refractivity contribution in [2.45, 2.75) is 25.8 Å². The zero-order valence-electron chi connectivity index (χ0n) is 11.9. The summed E-state index contributed by atoms with van der Waals surface area (Å²) in [5.74, 6) is 0.587. The molecule has 1 aromatic carbocycles. The average molecular weight is 346 g/mol. The smallest absolute Gasteiger partial charge is 0.343 e. The van der Waals surface area contributed by atoms with Crippen LogP contribution in [0.15, 0.2) is 16.6 Å². The van der Waals surface area contributed by atoms with Crippen molar-refractivity contribution in [3.63, 3.8) is 0 Å². The van der Waals surface area contributed by atoms with E-state index in [2.05, 4.69) is 20.7 Å². The summed E-state index contributed by atoms with van der Waals surface area (Å²) in [5, 5.41) is 0. The van der Waals surface area contributed by atoms with Gasteiger partial charge in [0.25, 0.3) is 0 Å². The van der Waals surface area contributed by atoms with Gasteiger partial charge in [0.15, 0.2) is 18.1 Å². The number of hydrogen-bond acceptors (Lipinski definition) is 5. The minimum Gasteiger partial charge on any atom is -0.493 e. The molecule has 0 aliphatic heterocycles. The van der Waals surface area contributed by atoms with E-state index in [0.717, 1.165) is 22.9 Å². The first kappa shape index (κ1) is 16.8. The highest BCUT2D eigenvalue weighted by Crippen LogP contribution is 2.37. The molecule has 0 aliphatic carbocycles. The second-order valence-corrected chi connectivity index (χ2v) is 5.20. The fraction of sp³-hybridized carbons (Fsp3) is 0.500. The van der Waals surface area contributed by atoms with E-state index in [1.165, 1.54) is 7.11 Å². The molecule has 0 amide bonds. The number of rotatable bonds is 7. The molecule has 5 nitrogen and oxygen atoms in total. The lowest BCUT2D eigenvalue weighted by molar-refractivity contribution is -0.142. The number of methoxy groups -OCH3 is 2. The van der Waals surface area contributed by atoms with Gasteiger partial charge in [-0.15, -0.1) is 0 Å². The summed E-state index contributed by atoms with van der Waals surface area (Å²) in [6, 6.07) is 3.89. The van der Waals surface area contributed by atoms with Gasteiger partial charge in [-0.25, -0.2) is 4.79 Å². The molecule has 1 atom stereocenters. The van der Waals surface area contributed by atoms with Crippen LogP contribution in [0.4, 0.5) is 0 Å². The van der Waals surface area contributed by atoms with Gasteiger partial charge in [0.2, 0.25) is 0 Å². The highest BCUT2D eigenvalue weighted by atomic mass is 79.9. The second kappa shape index (κ2) is 8.11. The maximum atomic E-state index is 11.1. The van der Waals surface area contributed by atoms with E-state index in [1.54, 1.807) is 7.11 Å². The Labute approximate surface area is 127 Å². The highest BCUT2D eigenvalue weighted by Gasteiger charge is 2.14. The summed E-state index contributed by atoms with van der Waals surface area (Å²) < 4.78 is 16.0. The SMILES string of the molecule is CCC(N)Cc1cc(Br)c(OCC(=O)OC)c(OC)c1. The van der Waals surface area contributed by atoms with Gasteiger partial charge < -0.3 is 19.9 Å². The third-order valence-electron chi connectivity index (χ3n) is 2.87. The van der Waals surface area contributed by atoms with Gasteiger partial charge in [-0.3, -0.25) is 0 Å². The zero-order valence-corrected chi connectivity index (χ0v) is 13.5. The van der Waals surface area contributed by atoms with Gasteiger partial charge >= 0.3 is 5.97 Å². The van der Waals surface area contributed by atoms with Gasteiger partial charge in [-0.2, -0.15) is 0 Å². The molecule has 1 rings (SSSR count). The number of ether oxygens (including phenoxy) is 3. The van der Waals surface area contributed by atoms with Crippen LogP contribution in [0.2, 0.25) is 0 Å². The Bertz CT molecular complexity index is 465. The number of hydrogen-bond donors (Lipinski definition) is 1. The molecule has 112 valence electrons. The summed E-state index contributed by atoms with van der Waals surface area (Å²) in [6.07, 6.45) is 1.66. The number of carbonyl (C=O) groups is 1. The molecule has 0 fully saturated rings. The molecule has 0 aliphatic rings. The van der Waals surface area contributed by atoms with E-state index in [0.29, 0.717) is 11.5 Å². The van der Waals surface area contributed by atoms with Crippen molar-refractivity contribution in [2.75, 3.05) is 20.8 Å². The van der Waals surface area contributed by atoms with Crippen LogP contribution in [0.25, 0.3) is 0 Å². The number of esters is 1. The highest BCUT2D eigenvalue weighted by molar-refractivity contribution is 9.10. The lowest BCUT2D eigenvalue weighted by atomic mass is 10.0. The number of carbonyl (C=O) groups excluding carboxylic acids is 1. The molecular weight excluding hydrogens is 326 g/mol. The molecule has 0 spiro atoms. The van der Waals surface area contributed by atoms with Gasteiger partial charge in [0.1, 0.15) is 0 Å². The number of halogens is 1. The van der Waals surface area contributed by atoms with Crippen LogP contribution in [0.1, 0.15) is 18.9 Å². The standard InChI is InChI=1S/C14H20BrNO4/c1-4-10(16)5-9-6-11(15)14(12(7-9)18-2)20-8-13(17)19-3/h6-7,10H,4-5,8,16H2,1-3H3. The Kier molecular flexibility index (Phi) is 6.81. The van der Waals surface area contributed by atoms with E-state index < -0.39 is 5.97 Å². The molecule has 0 heterocycles. The summed E-state index contributed by atoms with van der Waals surface area (Å²) in [6.45, 7) is 1.88. The third-order valence-corrected chi connectivity index (χ3v) is 3.46. The summed E-state index contributed by atoms with van der Waals surface area (Å²) in [7, 11) is 2.86. The first-order valence-electron chi connectivity index (χ1n) is 6.33. The topological polar surface area (TPSA) is 70.8 Å². The van der Waals surface area contributed by atoms with Crippen molar-refractivity contribution in [3.05, 3.63) is 22.2 Å². The Morgan fingerprint density at radius 3 is 2.65 bits per heavy atom. The molecule has 0 bridgehead atoms. The van der Waals surface area contributed by atoms with E-state index in [4.69, 9.17) is 15.2 Å². The van der Waals surface area contributed by atoms with Crippen LogP contribution in [0.5, 0.6) is 11.5 Å². The molecule has 20 heavy (non-hydrogen) atoms. The molecule has 0 aromatic heterocycles. The van der Waals surface area contributed by atoms with Crippen LogP contribution in [-0.2, 0) is 16.0 Å². The van der Waals surface area contributed by atoms with Gasteiger partial charge in [0, 0.05) is 6.04 Å². The van der Waals surface area contributed by atoms with Gasteiger partial charge in [-0.05, 0) is 46.5 Å². The van der Waals surface area contributed by atoms with Crippen molar-refractivity contribution in [2.24, 2.45) is 5.73 Å². The maximum absolute atomic E-state index is 11.1. The largest absolute Gasteiger partial charge is 0.493 e. The zero-order chi connectivity index (χ0) is 15.1. The third kappa shape index (κ3) is 4.68. The lowest BCUT2D eigenvalue weighted by Gasteiger charge is -2.15. The molecule has 0 saturated carbocycles. The minimum atomic E-state index is -0.448. The van der Waals surface area contributed by atoms with Crippen molar-refractivity contribution in [1.82, 2.24) is 0 Å². The Hall–Kier alpha value is -1.27. The lowest BCUT2D eigenvalue weighted by Crippen LogP contribution is -2.21. The second-order valence-electron chi connectivity index (χ2n) is 4.35. The number of benzene rings is 1. The summed E-state index contributed by atoms with van der Waals surface area (Å²) in [5.41, 5.74) is 7.00. The maximum Gasteiger partial charge on any atom is 0.343 e. The first-order chi connectivity index (χ1) is 9.51. The molecule has 2 N–H and O–H groups in total. The van der Waals surface area contributed by atoms with Crippen LogP contribution >= 0.6 is 15.9 Å². The normalized spacial score (nSPS) is 11.8. The van der Waals surface area contributed by atoms with E-state index in [1.807, 2.05) is 19.1 Å². The van der Waals surface area contributed by atoms with Crippen LogP contribution in [0.3, 0.4) is 0 Å². The molecule has 6 heteroatoms. The summed E-state index contributed by atoms with van der Waals surface area (Å²) in [4.78, 5) is 11.1. The molecule has 0 saturated heterocycles. The van der Waals surface area contributed by atoms with Crippen molar-refractivity contribution in [3.8, 4) is 11.5 Å². The van der Waals surface area contributed by atoms with Crippen LogP contribution in [0, 0.1) is 0 Å². The molecule has 1 unspecified atom stereocenters. The van der Waals surface area contributed by atoms with Crippen molar-refractivity contribution < 1.29 is 19.0 Å². The van der Waals surface area contributed by atoms with Gasteiger partial charge in [-0.1, -0.05) is 6.92 Å². The average Bonchev–Trinajstić information content (AvgIpc) is 2.44. The van der Waals surface area contributed by atoms with Crippen molar-refractivity contribution in [1.29, 1.82) is 0 Å². The quantitative estimate of drug-likeness (QED) is 0.767. The predicted molar refractivity (Wildman–Crippen MR) is 80.2 cm³/mol. The molecule has 0 radical (unpaired) electrons. The fourth-order valence-corrected chi connectivity index (χ4v) is 2.27. The number of nitrogens with two attached hydrogens (primary N) is 1. The van der Waals surface area contributed by atoms with E-state index >= 15 is 0 Å². The molecule has 1 aromatic rings. The van der Waals surface area contributed by atoms with Crippen molar-refractivity contribution >= 4 is 21.9 Å².